The highest BCUT2D eigenvalue weighted by atomic mass is 35.5. The zero-order valence-electron chi connectivity index (χ0n) is 22.0. The highest BCUT2D eigenvalue weighted by Crippen LogP contribution is 2.58. The standard InChI is InChI=1S/C31H32ClN5O2/c1-31(2)22(17-29(38)35-27(30(33)39)15-20-7-4-3-5-8-20)16-25(31)28-18-26(21-9-6-14-34-19-21)36-37(28)24-12-10-23(32)11-13-24/h3-14,18-19,22,25,27H,15-17H2,1-2H3,(H2,33,39)(H,35,38)/t22-,25-,27+/m1/s1. The van der Waals surface area contributed by atoms with E-state index in [2.05, 4.69) is 30.2 Å². The van der Waals surface area contributed by atoms with Crippen molar-refractivity contribution >= 4 is 23.4 Å². The fourth-order valence-electron chi connectivity index (χ4n) is 5.50. The number of primary amides is 1. The minimum absolute atomic E-state index is 0.142. The monoisotopic (exact) mass is 541 g/mol. The van der Waals surface area contributed by atoms with Crippen molar-refractivity contribution in [3.63, 3.8) is 0 Å². The first-order valence-electron chi connectivity index (χ1n) is 13.1. The summed E-state index contributed by atoms with van der Waals surface area (Å²) in [5.74, 6) is -0.371. The number of nitrogens with zero attached hydrogens (tertiary/aromatic N) is 3. The molecule has 1 fully saturated rings. The number of nitrogens with two attached hydrogens (primary N) is 1. The first kappa shape index (κ1) is 26.6. The van der Waals surface area contributed by atoms with Gasteiger partial charge in [-0.15, -0.1) is 0 Å². The molecule has 7 nitrogen and oxygen atoms in total. The quantitative estimate of drug-likeness (QED) is 0.299. The van der Waals surface area contributed by atoms with Crippen molar-refractivity contribution in [2.45, 2.75) is 45.1 Å². The molecule has 2 aromatic heterocycles. The summed E-state index contributed by atoms with van der Waals surface area (Å²) in [7, 11) is 0. The van der Waals surface area contributed by atoms with Crippen LogP contribution in [0.4, 0.5) is 0 Å². The van der Waals surface area contributed by atoms with Gasteiger partial charge in [-0.3, -0.25) is 14.6 Å². The topological polar surface area (TPSA) is 103 Å². The molecule has 0 saturated heterocycles. The summed E-state index contributed by atoms with van der Waals surface area (Å²) >= 11 is 6.15. The first-order chi connectivity index (χ1) is 18.7. The van der Waals surface area contributed by atoms with Crippen molar-refractivity contribution in [3.8, 4) is 16.9 Å². The van der Waals surface area contributed by atoms with Crippen molar-refractivity contribution in [1.29, 1.82) is 0 Å². The highest BCUT2D eigenvalue weighted by molar-refractivity contribution is 6.30. The van der Waals surface area contributed by atoms with E-state index in [1.54, 1.807) is 6.20 Å². The molecule has 0 spiro atoms. The molecule has 2 heterocycles. The van der Waals surface area contributed by atoms with Crippen LogP contribution in [0.15, 0.2) is 85.2 Å². The Morgan fingerprint density at radius 1 is 1.10 bits per heavy atom. The number of rotatable bonds is 9. The van der Waals surface area contributed by atoms with Crippen molar-refractivity contribution in [1.82, 2.24) is 20.1 Å². The van der Waals surface area contributed by atoms with Crippen molar-refractivity contribution < 1.29 is 9.59 Å². The van der Waals surface area contributed by atoms with Crippen molar-refractivity contribution in [3.05, 3.63) is 101 Å². The Labute approximate surface area is 233 Å². The molecule has 200 valence electrons. The van der Waals surface area contributed by atoms with Gasteiger partial charge in [0.25, 0.3) is 0 Å². The molecule has 0 radical (unpaired) electrons. The Balaban J connectivity index is 1.34. The van der Waals surface area contributed by atoms with Gasteiger partial charge < -0.3 is 11.1 Å². The fraction of sp³-hybridized carbons (Fsp3) is 0.290. The lowest BCUT2D eigenvalue weighted by atomic mass is 9.52. The van der Waals surface area contributed by atoms with E-state index in [1.807, 2.05) is 77.6 Å². The zero-order chi connectivity index (χ0) is 27.6. The molecule has 2 amide bonds. The molecule has 0 unspecified atom stereocenters. The van der Waals surface area contributed by atoms with E-state index in [9.17, 15) is 9.59 Å². The number of carbonyl (C=O) groups excluding carboxylic acids is 2. The Hall–Kier alpha value is -3.97. The Kier molecular flexibility index (Phi) is 7.53. The van der Waals surface area contributed by atoms with E-state index in [4.69, 9.17) is 22.4 Å². The normalized spacial score (nSPS) is 18.6. The van der Waals surface area contributed by atoms with Crippen LogP contribution < -0.4 is 11.1 Å². The van der Waals surface area contributed by atoms with Gasteiger partial charge >= 0.3 is 0 Å². The van der Waals surface area contributed by atoms with Crippen LogP contribution in [-0.4, -0.2) is 32.6 Å². The van der Waals surface area contributed by atoms with Crippen LogP contribution >= 0.6 is 11.6 Å². The minimum Gasteiger partial charge on any atom is -0.368 e. The average molecular weight is 542 g/mol. The Bertz CT molecular complexity index is 1450. The number of amides is 2. The number of halogens is 1. The molecule has 3 N–H and O–H groups in total. The second-order valence-corrected chi connectivity index (χ2v) is 11.2. The molecule has 8 heteroatoms. The molecule has 4 aromatic rings. The van der Waals surface area contributed by atoms with Crippen LogP contribution in [0.1, 0.15) is 43.9 Å². The van der Waals surface area contributed by atoms with Gasteiger partial charge in [-0.1, -0.05) is 55.8 Å². The van der Waals surface area contributed by atoms with E-state index in [-0.39, 0.29) is 23.2 Å². The van der Waals surface area contributed by atoms with Gasteiger partial charge in [0.2, 0.25) is 11.8 Å². The van der Waals surface area contributed by atoms with Crippen LogP contribution in [-0.2, 0) is 16.0 Å². The van der Waals surface area contributed by atoms with Crippen molar-refractivity contribution in [2.75, 3.05) is 0 Å². The number of nitrogens with one attached hydrogen (secondary N) is 1. The van der Waals surface area contributed by atoms with Crippen LogP contribution in [0.25, 0.3) is 16.9 Å². The number of hydrogen-bond donors (Lipinski definition) is 2. The Morgan fingerprint density at radius 3 is 2.49 bits per heavy atom. The molecular weight excluding hydrogens is 510 g/mol. The molecule has 2 aromatic carbocycles. The van der Waals surface area contributed by atoms with Crippen molar-refractivity contribution in [2.24, 2.45) is 17.1 Å². The number of hydrogen-bond acceptors (Lipinski definition) is 4. The number of benzene rings is 2. The predicted molar refractivity (Wildman–Crippen MR) is 152 cm³/mol. The number of carbonyl (C=O) groups is 2. The summed E-state index contributed by atoms with van der Waals surface area (Å²) in [6, 6.07) is 22.5. The molecule has 1 aliphatic rings. The minimum atomic E-state index is -0.743. The van der Waals surface area contributed by atoms with E-state index in [0.717, 1.165) is 34.6 Å². The molecular formula is C31H32ClN5O2. The summed E-state index contributed by atoms with van der Waals surface area (Å²) < 4.78 is 1.98. The summed E-state index contributed by atoms with van der Waals surface area (Å²) in [5, 5.41) is 8.47. The van der Waals surface area contributed by atoms with Gasteiger partial charge in [-0.2, -0.15) is 5.10 Å². The lowest BCUT2D eigenvalue weighted by molar-refractivity contribution is -0.130. The average Bonchev–Trinajstić information content (AvgIpc) is 3.36. The predicted octanol–water partition coefficient (Wildman–Crippen LogP) is 5.32. The molecule has 5 rings (SSSR count). The molecule has 1 aliphatic carbocycles. The Morgan fingerprint density at radius 2 is 1.85 bits per heavy atom. The van der Waals surface area contributed by atoms with E-state index in [1.165, 1.54) is 0 Å². The fourth-order valence-corrected chi connectivity index (χ4v) is 5.63. The molecule has 0 bridgehead atoms. The third-order valence-electron chi connectivity index (χ3n) is 7.99. The van der Waals surface area contributed by atoms with Gasteiger partial charge in [0.15, 0.2) is 0 Å². The molecule has 3 atom stereocenters. The molecule has 39 heavy (non-hydrogen) atoms. The lowest BCUT2D eigenvalue weighted by Gasteiger charge is -2.52. The van der Waals surface area contributed by atoms with Gasteiger partial charge in [-0.25, -0.2) is 4.68 Å². The van der Waals surface area contributed by atoms with E-state index in [0.29, 0.717) is 17.9 Å². The third kappa shape index (κ3) is 5.73. The van der Waals surface area contributed by atoms with Crippen LogP contribution in [0.2, 0.25) is 5.02 Å². The van der Waals surface area contributed by atoms with Crippen LogP contribution in [0.3, 0.4) is 0 Å². The first-order valence-corrected chi connectivity index (χ1v) is 13.5. The van der Waals surface area contributed by atoms with E-state index < -0.39 is 11.9 Å². The largest absolute Gasteiger partial charge is 0.368 e. The third-order valence-corrected chi connectivity index (χ3v) is 8.24. The second-order valence-electron chi connectivity index (χ2n) is 10.8. The van der Waals surface area contributed by atoms with E-state index >= 15 is 0 Å². The van der Waals surface area contributed by atoms with Crippen LogP contribution in [0, 0.1) is 11.3 Å². The SMILES string of the molecule is CC1(C)[C@@H](CC(=O)N[C@@H](Cc2ccccc2)C(N)=O)C[C@@H]1c1cc(-c2cccnc2)nn1-c1ccc(Cl)cc1. The summed E-state index contributed by atoms with van der Waals surface area (Å²) in [4.78, 5) is 29.4. The molecule has 0 aliphatic heterocycles. The summed E-state index contributed by atoms with van der Waals surface area (Å²) in [5.41, 5.74) is 10.2. The van der Waals surface area contributed by atoms with Gasteiger partial charge in [0.1, 0.15) is 6.04 Å². The lowest BCUT2D eigenvalue weighted by Crippen LogP contribution is -2.49. The maximum atomic E-state index is 13.0. The highest BCUT2D eigenvalue weighted by Gasteiger charge is 2.50. The second kappa shape index (κ2) is 11.0. The maximum Gasteiger partial charge on any atom is 0.240 e. The smallest absolute Gasteiger partial charge is 0.240 e. The summed E-state index contributed by atoms with van der Waals surface area (Å²) in [6.07, 6.45) is 5.07. The number of aromatic nitrogens is 3. The zero-order valence-corrected chi connectivity index (χ0v) is 22.8. The van der Waals surface area contributed by atoms with Gasteiger partial charge in [0.05, 0.1) is 11.4 Å². The van der Waals surface area contributed by atoms with Gasteiger partial charge in [-0.05, 0) is 65.8 Å². The van der Waals surface area contributed by atoms with Crippen LogP contribution in [0.5, 0.6) is 0 Å². The molecule has 1 saturated carbocycles. The maximum absolute atomic E-state index is 13.0. The number of pyridine rings is 1. The summed E-state index contributed by atoms with van der Waals surface area (Å²) in [6.45, 7) is 4.38. The van der Waals surface area contributed by atoms with Gasteiger partial charge in [0, 0.05) is 47.4 Å².